The van der Waals surface area contributed by atoms with Crippen LogP contribution < -0.4 is 4.90 Å². The molecule has 0 aliphatic rings. The molecule has 98 valence electrons. The third-order valence-corrected chi connectivity index (χ3v) is 4.51. The van der Waals surface area contributed by atoms with Crippen LogP contribution in [-0.2, 0) is 6.61 Å². The van der Waals surface area contributed by atoms with Crippen molar-refractivity contribution < 1.29 is 5.11 Å². The van der Waals surface area contributed by atoms with Gasteiger partial charge in [-0.3, -0.25) is 0 Å². The molecule has 1 rings (SSSR count). The number of hydrogen-bond donors (Lipinski definition) is 1. The normalized spacial score (nSPS) is 11.2. The van der Waals surface area contributed by atoms with Gasteiger partial charge in [-0.25, -0.2) is 4.98 Å². The SMILES string of the molecule is CCC(CC)CN(CC)c1nc(C)c(CO)s1. The average Bonchev–Trinajstić information content (AvgIpc) is 2.72. The van der Waals surface area contributed by atoms with E-state index in [1.54, 1.807) is 11.3 Å². The lowest BCUT2D eigenvalue weighted by Gasteiger charge is -2.24. The van der Waals surface area contributed by atoms with Crippen LogP contribution in [0.2, 0.25) is 0 Å². The van der Waals surface area contributed by atoms with Crippen LogP contribution in [0.5, 0.6) is 0 Å². The topological polar surface area (TPSA) is 36.4 Å². The van der Waals surface area contributed by atoms with Crippen molar-refractivity contribution in [1.29, 1.82) is 0 Å². The van der Waals surface area contributed by atoms with Crippen molar-refractivity contribution in [2.45, 2.75) is 47.1 Å². The lowest BCUT2D eigenvalue weighted by atomic mass is 10.0. The van der Waals surface area contributed by atoms with E-state index >= 15 is 0 Å². The minimum absolute atomic E-state index is 0.103. The number of aryl methyl sites for hydroxylation is 1. The quantitative estimate of drug-likeness (QED) is 0.814. The summed E-state index contributed by atoms with van der Waals surface area (Å²) in [6.07, 6.45) is 2.43. The summed E-state index contributed by atoms with van der Waals surface area (Å²) >= 11 is 1.62. The molecule has 0 amide bonds. The summed E-state index contributed by atoms with van der Waals surface area (Å²) in [4.78, 5) is 7.88. The fourth-order valence-corrected chi connectivity index (χ4v) is 2.89. The summed E-state index contributed by atoms with van der Waals surface area (Å²) in [6.45, 7) is 10.8. The Labute approximate surface area is 108 Å². The van der Waals surface area contributed by atoms with Gasteiger partial charge >= 0.3 is 0 Å². The van der Waals surface area contributed by atoms with Crippen LogP contribution in [0.15, 0.2) is 0 Å². The van der Waals surface area contributed by atoms with E-state index in [-0.39, 0.29) is 6.61 Å². The Morgan fingerprint density at radius 3 is 2.35 bits per heavy atom. The van der Waals surface area contributed by atoms with Gasteiger partial charge in [0.1, 0.15) is 0 Å². The standard InChI is InChI=1S/C13H24N2OS/c1-5-11(6-2)8-15(7-3)13-14-10(4)12(9-16)17-13/h11,16H,5-9H2,1-4H3. The molecule has 0 aliphatic heterocycles. The minimum Gasteiger partial charge on any atom is -0.391 e. The molecular formula is C13H24N2OS. The van der Waals surface area contributed by atoms with Gasteiger partial charge in [0.05, 0.1) is 17.2 Å². The summed E-state index contributed by atoms with van der Waals surface area (Å²) in [5.41, 5.74) is 0.968. The van der Waals surface area contributed by atoms with Crippen LogP contribution in [0.3, 0.4) is 0 Å². The number of nitrogens with zero attached hydrogens (tertiary/aromatic N) is 2. The molecular weight excluding hydrogens is 232 g/mol. The zero-order valence-electron chi connectivity index (χ0n) is 11.4. The highest BCUT2D eigenvalue weighted by molar-refractivity contribution is 7.15. The van der Waals surface area contributed by atoms with Crippen molar-refractivity contribution in [1.82, 2.24) is 4.98 Å². The molecule has 1 aromatic heterocycles. The predicted molar refractivity (Wildman–Crippen MR) is 74.7 cm³/mol. The summed E-state index contributed by atoms with van der Waals surface area (Å²) in [7, 11) is 0. The summed E-state index contributed by atoms with van der Waals surface area (Å²) in [6, 6.07) is 0. The molecule has 4 heteroatoms. The first-order valence-corrected chi connectivity index (χ1v) is 7.29. The van der Waals surface area contributed by atoms with E-state index in [2.05, 4.69) is 30.7 Å². The second kappa shape index (κ2) is 6.97. The predicted octanol–water partition coefficient (Wildman–Crippen LogP) is 3.21. The van der Waals surface area contributed by atoms with Crippen molar-refractivity contribution in [2.75, 3.05) is 18.0 Å². The number of aliphatic hydroxyl groups excluding tert-OH is 1. The van der Waals surface area contributed by atoms with E-state index in [0.717, 1.165) is 34.7 Å². The van der Waals surface area contributed by atoms with Crippen LogP contribution in [0.1, 0.15) is 44.2 Å². The van der Waals surface area contributed by atoms with Crippen molar-refractivity contribution in [3.8, 4) is 0 Å². The fraction of sp³-hybridized carbons (Fsp3) is 0.769. The van der Waals surface area contributed by atoms with Crippen LogP contribution in [0, 0.1) is 12.8 Å². The number of rotatable bonds is 7. The molecule has 1 aromatic rings. The van der Waals surface area contributed by atoms with Gasteiger partial charge in [-0.05, 0) is 19.8 Å². The molecule has 0 unspecified atom stereocenters. The van der Waals surface area contributed by atoms with E-state index in [4.69, 9.17) is 0 Å². The van der Waals surface area contributed by atoms with E-state index in [9.17, 15) is 5.11 Å². The van der Waals surface area contributed by atoms with Crippen LogP contribution in [0.4, 0.5) is 5.13 Å². The average molecular weight is 256 g/mol. The number of thiazole rings is 1. The molecule has 1 heterocycles. The fourth-order valence-electron chi connectivity index (χ4n) is 1.90. The van der Waals surface area contributed by atoms with Gasteiger partial charge in [-0.2, -0.15) is 0 Å². The molecule has 0 atom stereocenters. The highest BCUT2D eigenvalue weighted by Gasteiger charge is 2.15. The second-order valence-corrected chi connectivity index (χ2v) is 5.45. The Morgan fingerprint density at radius 2 is 1.94 bits per heavy atom. The smallest absolute Gasteiger partial charge is 0.185 e. The maximum Gasteiger partial charge on any atom is 0.185 e. The maximum absolute atomic E-state index is 9.21. The van der Waals surface area contributed by atoms with Crippen molar-refractivity contribution in [2.24, 2.45) is 5.92 Å². The van der Waals surface area contributed by atoms with Crippen LogP contribution in [-0.4, -0.2) is 23.2 Å². The van der Waals surface area contributed by atoms with Crippen LogP contribution >= 0.6 is 11.3 Å². The summed E-state index contributed by atoms with van der Waals surface area (Å²) in [5.74, 6) is 0.733. The maximum atomic E-state index is 9.21. The third-order valence-electron chi connectivity index (χ3n) is 3.31. The molecule has 0 fully saturated rings. The molecule has 1 N–H and O–H groups in total. The Kier molecular flexibility index (Phi) is 5.92. The molecule has 0 saturated heterocycles. The minimum atomic E-state index is 0.103. The Balaban J connectivity index is 2.78. The van der Waals surface area contributed by atoms with Crippen molar-refractivity contribution >= 4 is 16.5 Å². The van der Waals surface area contributed by atoms with Crippen LogP contribution in [0.25, 0.3) is 0 Å². The molecule has 0 spiro atoms. The zero-order valence-corrected chi connectivity index (χ0v) is 12.2. The monoisotopic (exact) mass is 256 g/mol. The van der Waals surface area contributed by atoms with Crippen molar-refractivity contribution in [3.05, 3.63) is 10.6 Å². The lowest BCUT2D eigenvalue weighted by Crippen LogP contribution is -2.28. The van der Waals surface area contributed by atoms with Crippen molar-refractivity contribution in [3.63, 3.8) is 0 Å². The first-order valence-electron chi connectivity index (χ1n) is 6.48. The zero-order chi connectivity index (χ0) is 12.8. The molecule has 0 aromatic carbocycles. The van der Waals surface area contributed by atoms with E-state index in [1.807, 2.05) is 6.92 Å². The molecule has 0 aliphatic carbocycles. The third kappa shape index (κ3) is 3.68. The lowest BCUT2D eigenvalue weighted by molar-refractivity contribution is 0.284. The summed E-state index contributed by atoms with van der Waals surface area (Å²) < 4.78 is 0. The first kappa shape index (κ1) is 14.5. The Hall–Kier alpha value is -0.610. The highest BCUT2D eigenvalue weighted by Crippen LogP contribution is 2.27. The second-order valence-electron chi connectivity index (χ2n) is 4.38. The first-order chi connectivity index (χ1) is 8.15. The number of aliphatic hydroxyl groups is 1. The van der Waals surface area contributed by atoms with Gasteiger partial charge in [-0.1, -0.05) is 38.0 Å². The van der Waals surface area contributed by atoms with E-state index in [1.165, 1.54) is 12.8 Å². The van der Waals surface area contributed by atoms with Gasteiger partial charge in [0.25, 0.3) is 0 Å². The molecule has 0 radical (unpaired) electrons. The Morgan fingerprint density at radius 1 is 1.29 bits per heavy atom. The Bertz CT molecular complexity index is 334. The largest absolute Gasteiger partial charge is 0.391 e. The molecule has 3 nitrogen and oxygen atoms in total. The van der Waals surface area contributed by atoms with Gasteiger partial charge < -0.3 is 10.0 Å². The molecule has 0 bridgehead atoms. The highest BCUT2D eigenvalue weighted by atomic mass is 32.1. The number of aromatic nitrogens is 1. The van der Waals surface area contributed by atoms with Gasteiger partial charge in [0, 0.05) is 13.1 Å². The van der Waals surface area contributed by atoms with Gasteiger partial charge in [0.15, 0.2) is 5.13 Å². The molecule has 17 heavy (non-hydrogen) atoms. The van der Waals surface area contributed by atoms with E-state index < -0.39 is 0 Å². The summed E-state index contributed by atoms with van der Waals surface area (Å²) in [5, 5.41) is 10.3. The molecule has 0 saturated carbocycles. The van der Waals surface area contributed by atoms with Gasteiger partial charge in [0.2, 0.25) is 0 Å². The van der Waals surface area contributed by atoms with E-state index in [0.29, 0.717) is 0 Å². The number of hydrogen-bond acceptors (Lipinski definition) is 4. The van der Waals surface area contributed by atoms with Gasteiger partial charge in [-0.15, -0.1) is 0 Å². The number of anilines is 1.